The number of rotatable bonds is 7. The van der Waals surface area contributed by atoms with Gasteiger partial charge < -0.3 is 10.1 Å². The average Bonchev–Trinajstić information content (AvgIpc) is 3.11. The van der Waals surface area contributed by atoms with Crippen molar-refractivity contribution in [2.24, 2.45) is 0 Å². The molecule has 1 aromatic carbocycles. The van der Waals surface area contributed by atoms with E-state index in [1.165, 1.54) is 11.3 Å². The molecule has 1 aliphatic rings. The topological polar surface area (TPSA) is 94.5 Å². The van der Waals surface area contributed by atoms with Gasteiger partial charge in [-0.25, -0.2) is 0 Å². The monoisotopic (exact) mass is 494 g/mol. The van der Waals surface area contributed by atoms with E-state index in [2.05, 4.69) is 33.3 Å². The van der Waals surface area contributed by atoms with Crippen LogP contribution in [0.5, 0.6) is 5.75 Å². The fourth-order valence-corrected chi connectivity index (χ4v) is 4.79. The van der Waals surface area contributed by atoms with Crippen LogP contribution in [0, 0.1) is 5.41 Å². The predicted octanol–water partition coefficient (Wildman–Crippen LogP) is 4.29. The molecule has 2 amide bonds. The maximum Gasteiger partial charge on any atom is 0.249 e. The minimum absolute atomic E-state index is 0.0293. The van der Waals surface area contributed by atoms with E-state index in [4.69, 9.17) is 10.1 Å². The Labute approximate surface area is 185 Å². The fourth-order valence-electron chi connectivity index (χ4n) is 2.57. The third kappa shape index (κ3) is 5.40. The van der Waals surface area contributed by atoms with Crippen LogP contribution in [0.25, 0.3) is 5.70 Å². The molecule has 0 aliphatic carbocycles. The van der Waals surface area contributed by atoms with Gasteiger partial charge in [0.25, 0.3) is 0 Å². The van der Waals surface area contributed by atoms with Gasteiger partial charge in [0.15, 0.2) is 5.17 Å². The van der Waals surface area contributed by atoms with Gasteiger partial charge in [0.05, 0.1) is 27.4 Å². The van der Waals surface area contributed by atoms with Crippen molar-refractivity contribution in [2.45, 2.75) is 18.6 Å². The fraction of sp³-hybridized carbons (Fsp3) is 0.211. The number of ether oxygens (including phenoxy) is 1. The van der Waals surface area contributed by atoms with E-state index in [-0.39, 0.29) is 23.4 Å². The van der Waals surface area contributed by atoms with E-state index in [0.717, 1.165) is 25.4 Å². The summed E-state index contributed by atoms with van der Waals surface area (Å²) in [6.45, 7) is 6.33. The van der Waals surface area contributed by atoms with Gasteiger partial charge in [-0.15, -0.1) is 11.3 Å². The van der Waals surface area contributed by atoms with Crippen molar-refractivity contribution in [3.63, 3.8) is 0 Å². The Morgan fingerprint density at radius 1 is 1.41 bits per heavy atom. The molecule has 29 heavy (non-hydrogen) atoms. The van der Waals surface area contributed by atoms with Crippen LogP contribution < -0.4 is 15.5 Å². The summed E-state index contributed by atoms with van der Waals surface area (Å²) >= 11 is 5.86. The average molecular weight is 495 g/mol. The highest BCUT2D eigenvalue weighted by atomic mass is 79.9. The van der Waals surface area contributed by atoms with Gasteiger partial charge in [-0.1, -0.05) is 24.4 Å². The summed E-state index contributed by atoms with van der Waals surface area (Å²) in [4.78, 5) is 26.0. The minimum atomic E-state index is -0.687. The molecule has 1 aliphatic heterocycles. The highest BCUT2D eigenvalue weighted by Crippen LogP contribution is 2.29. The highest BCUT2D eigenvalue weighted by Gasteiger charge is 2.35. The van der Waals surface area contributed by atoms with Crippen molar-refractivity contribution >= 4 is 67.4 Å². The molecule has 3 rings (SSSR count). The summed E-state index contributed by atoms with van der Waals surface area (Å²) in [5.41, 5.74) is 3.95. The molecule has 1 unspecified atom stereocenters. The molecule has 7 nitrogen and oxygen atoms in total. The van der Waals surface area contributed by atoms with E-state index in [0.29, 0.717) is 23.7 Å². The molecule has 1 fully saturated rings. The van der Waals surface area contributed by atoms with Crippen molar-refractivity contribution in [3.8, 4) is 5.75 Å². The lowest BCUT2D eigenvalue weighted by Crippen LogP contribution is -2.50. The second-order valence-corrected chi connectivity index (χ2v) is 9.64. The molecule has 10 heteroatoms. The molecular formula is C19H19BrN4O3S2. The van der Waals surface area contributed by atoms with Crippen LogP contribution >= 0.6 is 39.0 Å². The third-order valence-electron chi connectivity index (χ3n) is 3.89. The summed E-state index contributed by atoms with van der Waals surface area (Å²) in [5, 5.41) is 11.4. The predicted molar refractivity (Wildman–Crippen MR) is 121 cm³/mol. The van der Waals surface area contributed by atoms with Gasteiger partial charge in [0.1, 0.15) is 11.0 Å². The van der Waals surface area contributed by atoms with Crippen molar-refractivity contribution < 1.29 is 14.3 Å². The first-order chi connectivity index (χ1) is 13.9. The Morgan fingerprint density at radius 2 is 2.21 bits per heavy atom. The lowest BCUT2D eigenvalue weighted by Gasteiger charge is -2.31. The number of hydrazine groups is 1. The maximum atomic E-state index is 12.6. The van der Waals surface area contributed by atoms with Crippen LogP contribution in [0.4, 0.5) is 5.69 Å². The van der Waals surface area contributed by atoms with Crippen LogP contribution in [-0.2, 0) is 9.59 Å². The molecule has 0 radical (unpaired) electrons. The Morgan fingerprint density at radius 3 is 2.86 bits per heavy atom. The molecule has 1 saturated heterocycles. The van der Waals surface area contributed by atoms with E-state index in [9.17, 15) is 9.59 Å². The van der Waals surface area contributed by atoms with Crippen molar-refractivity contribution in [2.75, 3.05) is 11.9 Å². The zero-order chi connectivity index (χ0) is 21.0. The number of nitrogens with zero attached hydrogens (tertiary/aromatic N) is 1. The normalized spacial score (nSPS) is 16.5. The Kier molecular flexibility index (Phi) is 6.99. The molecule has 2 aromatic rings. The van der Waals surface area contributed by atoms with Crippen LogP contribution in [0.15, 0.2) is 46.8 Å². The van der Waals surface area contributed by atoms with Crippen LogP contribution in [0.3, 0.4) is 0 Å². The first kappa shape index (κ1) is 21.4. The number of nitrogens with one attached hydrogen (secondary N) is 3. The van der Waals surface area contributed by atoms with Gasteiger partial charge in [0, 0.05) is 11.8 Å². The largest absolute Gasteiger partial charge is 0.494 e. The van der Waals surface area contributed by atoms with E-state index < -0.39 is 5.25 Å². The summed E-state index contributed by atoms with van der Waals surface area (Å²) < 4.78 is 6.37. The van der Waals surface area contributed by atoms with E-state index >= 15 is 0 Å². The number of hydrogen-bond donors (Lipinski definition) is 3. The first-order valence-corrected chi connectivity index (χ1v) is 11.2. The van der Waals surface area contributed by atoms with Crippen LogP contribution in [-0.4, -0.2) is 33.8 Å². The Bertz CT molecular complexity index is 944. The highest BCUT2D eigenvalue weighted by molar-refractivity contribution is 9.11. The number of anilines is 1. The van der Waals surface area contributed by atoms with Gasteiger partial charge >= 0.3 is 0 Å². The Balaban J connectivity index is 1.61. The lowest BCUT2D eigenvalue weighted by atomic mass is 10.2. The number of carbonyl (C=O) groups is 2. The minimum Gasteiger partial charge on any atom is -0.494 e. The molecule has 3 N–H and O–H groups in total. The maximum absolute atomic E-state index is 12.6. The molecule has 0 spiro atoms. The summed E-state index contributed by atoms with van der Waals surface area (Å²) in [7, 11) is 0. The number of thioether (sulfide) groups is 1. The lowest BCUT2D eigenvalue weighted by molar-refractivity contribution is -0.130. The number of halogens is 1. The molecule has 2 heterocycles. The van der Waals surface area contributed by atoms with Gasteiger partial charge in [-0.3, -0.25) is 20.4 Å². The second kappa shape index (κ2) is 9.47. The molecule has 0 bridgehead atoms. The second-order valence-electron chi connectivity index (χ2n) is 5.99. The van der Waals surface area contributed by atoms with Crippen molar-refractivity contribution in [3.05, 3.63) is 51.6 Å². The smallest absolute Gasteiger partial charge is 0.249 e. The first-order valence-electron chi connectivity index (χ1n) is 8.70. The quantitative estimate of drug-likeness (QED) is 0.533. The zero-order valence-corrected chi connectivity index (χ0v) is 18.7. The molecular weight excluding hydrogens is 476 g/mol. The molecule has 0 saturated carbocycles. The van der Waals surface area contributed by atoms with Gasteiger partial charge in [-0.05, 0) is 47.1 Å². The number of thiophene rings is 1. The van der Waals surface area contributed by atoms with Crippen molar-refractivity contribution in [1.29, 1.82) is 5.41 Å². The van der Waals surface area contributed by atoms with Crippen LogP contribution in [0.2, 0.25) is 0 Å². The number of amidine groups is 1. The summed E-state index contributed by atoms with van der Waals surface area (Å²) in [5.74, 6) is -0.0457. The van der Waals surface area contributed by atoms with E-state index in [1.54, 1.807) is 24.3 Å². The van der Waals surface area contributed by atoms with Crippen LogP contribution in [0.1, 0.15) is 18.2 Å². The molecule has 1 aromatic heterocycles. The molecule has 152 valence electrons. The Hall–Kier alpha value is -2.30. The van der Waals surface area contributed by atoms with Crippen molar-refractivity contribution in [1.82, 2.24) is 10.4 Å². The zero-order valence-electron chi connectivity index (χ0n) is 15.5. The number of amides is 2. The van der Waals surface area contributed by atoms with Gasteiger partial charge in [-0.2, -0.15) is 5.01 Å². The number of hydrogen-bond acceptors (Lipinski definition) is 7. The summed E-state index contributed by atoms with van der Waals surface area (Å²) in [6, 6.07) is 10.8. The van der Waals surface area contributed by atoms with Gasteiger partial charge in [0.2, 0.25) is 11.8 Å². The third-order valence-corrected chi connectivity index (χ3v) is 6.64. The number of carbonyl (C=O) groups excluding carboxylic acids is 2. The SMILES string of the molecule is C=C(NN1C(=N)SC(C(=O)Nc2cccc(OCC)c2)CC1=O)c1ccc(Br)s1. The summed E-state index contributed by atoms with van der Waals surface area (Å²) in [6.07, 6.45) is -0.0293. The van der Waals surface area contributed by atoms with E-state index in [1.807, 2.05) is 19.1 Å². The molecule has 1 atom stereocenters. The standard InChI is InChI=1S/C19H19BrN4O3S2/c1-3-27-13-6-4-5-12(9-13)22-18(26)15-10-17(25)24(19(21)29-15)23-11(2)14-7-8-16(20)28-14/h4-9,15,21,23H,2-3,10H2,1H3,(H,22,26). The number of benzene rings is 1.